The van der Waals surface area contributed by atoms with Crippen LogP contribution in [0.2, 0.25) is 0 Å². The van der Waals surface area contributed by atoms with E-state index in [1.165, 1.54) is 51.5 Å². The Kier molecular flexibility index (Phi) is 4.26. The van der Waals surface area contributed by atoms with Crippen LogP contribution in [0, 0.1) is 5.92 Å². The second-order valence-corrected chi connectivity index (χ2v) is 4.78. The van der Waals surface area contributed by atoms with Crippen LogP contribution in [0.4, 0.5) is 0 Å². The van der Waals surface area contributed by atoms with E-state index < -0.39 is 0 Å². The minimum absolute atomic E-state index is 0.575. The number of hydrogen-bond acceptors (Lipinski definition) is 2. The topological polar surface area (TPSA) is 21.3 Å². The fourth-order valence-electron chi connectivity index (χ4n) is 2.16. The lowest BCUT2D eigenvalue weighted by atomic mass is 9.98. The molecule has 0 amide bonds. The number of rotatable bonds is 6. The van der Waals surface area contributed by atoms with Gasteiger partial charge in [-0.1, -0.05) is 19.3 Å². The maximum absolute atomic E-state index is 5.82. The van der Waals surface area contributed by atoms with Crippen molar-refractivity contribution in [1.82, 2.24) is 5.32 Å². The molecule has 0 aliphatic heterocycles. The molecular formula is C12H23NO. The van der Waals surface area contributed by atoms with Gasteiger partial charge in [0, 0.05) is 6.54 Å². The molecule has 82 valence electrons. The van der Waals surface area contributed by atoms with Gasteiger partial charge in [-0.3, -0.25) is 0 Å². The summed E-state index contributed by atoms with van der Waals surface area (Å²) < 4.78 is 5.82. The Morgan fingerprint density at radius 2 is 1.79 bits per heavy atom. The molecular weight excluding hydrogens is 174 g/mol. The van der Waals surface area contributed by atoms with E-state index in [2.05, 4.69) is 5.32 Å². The zero-order chi connectivity index (χ0) is 9.64. The zero-order valence-corrected chi connectivity index (χ0v) is 9.13. The van der Waals surface area contributed by atoms with Crippen LogP contribution in [0.25, 0.3) is 0 Å². The van der Waals surface area contributed by atoms with E-state index in [0.717, 1.165) is 19.1 Å². The van der Waals surface area contributed by atoms with Crippen LogP contribution in [0.15, 0.2) is 0 Å². The Labute approximate surface area is 87.4 Å². The molecule has 0 radical (unpaired) electrons. The predicted octanol–water partition coefficient (Wildman–Crippen LogP) is 2.34. The summed E-state index contributed by atoms with van der Waals surface area (Å²) in [5, 5.41) is 3.46. The molecule has 0 aromatic rings. The van der Waals surface area contributed by atoms with Crippen molar-refractivity contribution in [2.24, 2.45) is 5.92 Å². The molecule has 14 heavy (non-hydrogen) atoms. The van der Waals surface area contributed by atoms with E-state index in [9.17, 15) is 0 Å². The smallest absolute Gasteiger partial charge is 0.0594 e. The van der Waals surface area contributed by atoms with Gasteiger partial charge in [0.1, 0.15) is 0 Å². The summed E-state index contributed by atoms with van der Waals surface area (Å²) in [5.74, 6) is 0.990. The van der Waals surface area contributed by atoms with Crippen LogP contribution in [0.1, 0.15) is 44.9 Å². The van der Waals surface area contributed by atoms with E-state index >= 15 is 0 Å². The van der Waals surface area contributed by atoms with Crippen molar-refractivity contribution in [3.8, 4) is 0 Å². The second-order valence-electron chi connectivity index (χ2n) is 4.78. The van der Waals surface area contributed by atoms with Gasteiger partial charge in [0.25, 0.3) is 0 Å². The first-order valence-electron chi connectivity index (χ1n) is 6.27. The van der Waals surface area contributed by atoms with Crippen LogP contribution in [0.5, 0.6) is 0 Å². The lowest BCUT2D eigenvalue weighted by molar-refractivity contribution is 0.0303. The standard InChI is InChI=1S/C12H23NO/c1-2-4-12(5-3-1)14-9-8-13-10-11-6-7-11/h11-13H,1-10H2. The summed E-state index contributed by atoms with van der Waals surface area (Å²) in [6.07, 6.45) is 10.2. The largest absolute Gasteiger partial charge is 0.377 e. The molecule has 0 atom stereocenters. The summed E-state index contributed by atoms with van der Waals surface area (Å²) in [4.78, 5) is 0. The lowest BCUT2D eigenvalue weighted by Crippen LogP contribution is -2.25. The monoisotopic (exact) mass is 197 g/mol. The van der Waals surface area contributed by atoms with E-state index in [4.69, 9.17) is 4.74 Å². The highest BCUT2D eigenvalue weighted by Crippen LogP contribution is 2.27. The van der Waals surface area contributed by atoms with Crippen molar-refractivity contribution in [3.05, 3.63) is 0 Å². The van der Waals surface area contributed by atoms with Crippen molar-refractivity contribution in [3.63, 3.8) is 0 Å². The molecule has 2 fully saturated rings. The molecule has 2 rings (SSSR count). The Morgan fingerprint density at radius 3 is 2.50 bits per heavy atom. The first kappa shape index (κ1) is 10.4. The molecule has 0 saturated heterocycles. The molecule has 0 aromatic carbocycles. The molecule has 2 nitrogen and oxygen atoms in total. The maximum atomic E-state index is 5.82. The molecule has 0 spiro atoms. The third-order valence-corrected chi connectivity index (χ3v) is 3.31. The molecule has 1 N–H and O–H groups in total. The van der Waals surface area contributed by atoms with Gasteiger partial charge in [0.05, 0.1) is 12.7 Å². The van der Waals surface area contributed by atoms with E-state index in [-0.39, 0.29) is 0 Å². The summed E-state index contributed by atoms with van der Waals surface area (Å²) in [6.45, 7) is 3.18. The molecule has 0 bridgehead atoms. The van der Waals surface area contributed by atoms with Crippen molar-refractivity contribution in [2.75, 3.05) is 19.7 Å². The Morgan fingerprint density at radius 1 is 1.00 bits per heavy atom. The maximum Gasteiger partial charge on any atom is 0.0594 e. The molecule has 0 unspecified atom stereocenters. The average molecular weight is 197 g/mol. The van der Waals surface area contributed by atoms with Gasteiger partial charge in [-0.25, -0.2) is 0 Å². The minimum Gasteiger partial charge on any atom is -0.377 e. The van der Waals surface area contributed by atoms with E-state index in [1.54, 1.807) is 0 Å². The van der Waals surface area contributed by atoms with Gasteiger partial charge >= 0.3 is 0 Å². The minimum atomic E-state index is 0.575. The quantitative estimate of drug-likeness (QED) is 0.660. The number of hydrogen-bond donors (Lipinski definition) is 1. The fraction of sp³-hybridized carbons (Fsp3) is 1.00. The van der Waals surface area contributed by atoms with Crippen LogP contribution in [-0.4, -0.2) is 25.8 Å². The van der Waals surface area contributed by atoms with Crippen LogP contribution in [0.3, 0.4) is 0 Å². The third kappa shape index (κ3) is 3.97. The van der Waals surface area contributed by atoms with Crippen LogP contribution < -0.4 is 5.32 Å². The highest BCUT2D eigenvalue weighted by molar-refractivity contribution is 4.75. The molecule has 2 aliphatic carbocycles. The van der Waals surface area contributed by atoms with Crippen LogP contribution in [-0.2, 0) is 4.74 Å². The molecule has 0 aromatic heterocycles. The van der Waals surface area contributed by atoms with Gasteiger partial charge in [0.2, 0.25) is 0 Å². The number of nitrogens with one attached hydrogen (secondary N) is 1. The van der Waals surface area contributed by atoms with Gasteiger partial charge < -0.3 is 10.1 Å². The third-order valence-electron chi connectivity index (χ3n) is 3.31. The Balaban J connectivity index is 1.41. The number of ether oxygens (including phenoxy) is 1. The second kappa shape index (κ2) is 5.72. The van der Waals surface area contributed by atoms with Crippen molar-refractivity contribution in [1.29, 1.82) is 0 Å². The predicted molar refractivity (Wildman–Crippen MR) is 58.4 cm³/mol. The van der Waals surface area contributed by atoms with E-state index in [1.807, 2.05) is 0 Å². The van der Waals surface area contributed by atoms with E-state index in [0.29, 0.717) is 6.10 Å². The van der Waals surface area contributed by atoms with Crippen molar-refractivity contribution in [2.45, 2.75) is 51.0 Å². The molecule has 0 heterocycles. The van der Waals surface area contributed by atoms with Crippen molar-refractivity contribution < 1.29 is 4.74 Å². The molecule has 2 heteroatoms. The van der Waals surface area contributed by atoms with Gasteiger partial charge in [-0.2, -0.15) is 0 Å². The highest BCUT2D eigenvalue weighted by Gasteiger charge is 2.20. The fourth-order valence-corrected chi connectivity index (χ4v) is 2.16. The Hall–Kier alpha value is -0.0800. The highest BCUT2D eigenvalue weighted by atomic mass is 16.5. The molecule has 2 aliphatic rings. The lowest BCUT2D eigenvalue weighted by Gasteiger charge is -2.21. The first-order valence-corrected chi connectivity index (χ1v) is 6.27. The Bertz CT molecular complexity index is 150. The van der Waals surface area contributed by atoms with Gasteiger partial charge in [-0.15, -0.1) is 0 Å². The SMILES string of the molecule is C1CCC(OCCNCC2CC2)CC1. The van der Waals surface area contributed by atoms with Gasteiger partial charge in [0.15, 0.2) is 0 Å². The summed E-state index contributed by atoms with van der Waals surface area (Å²) in [6, 6.07) is 0. The molecule has 2 saturated carbocycles. The summed E-state index contributed by atoms with van der Waals surface area (Å²) in [7, 11) is 0. The van der Waals surface area contributed by atoms with Crippen LogP contribution >= 0.6 is 0 Å². The average Bonchev–Trinajstić information content (AvgIpc) is 3.03. The summed E-state index contributed by atoms with van der Waals surface area (Å²) in [5.41, 5.74) is 0. The normalized spacial score (nSPS) is 24.0. The summed E-state index contributed by atoms with van der Waals surface area (Å²) >= 11 is 0. The van der Waals surface area contributed by atoms with Crippen molar-refractivity contribution >= 4 is 0 Å². The van der Waals surface area contributed by atoms with Gasteiger partial charge in [-0.05, 0) is 38.1 Å². The zero-order valence-electron chi connectivity index (χ0n) is 9.13. The first-order chi connectivity index (χ1) is 6.95.